The van der Waals surface area contributed by atoms with Gasteiger partial charge in [0.15, 0.2) is 11.6 Å². The van der Waals surface area contributed by atoms with E-state index in [9.17, 15) is 19.2 Å². The summed E-state index contributed by atoms with van der Waals surface area (Å²) in [5.41, 5.74) is 1.13. The Balaban J connectivity index is 1.61. The minimum atomic E-state index is -0.476. The number of carbonyl (C=O) groups excluding carboxylic acids is 2. The molecule has 2 heterocycles. The van der Waals surface area contributed by atoms with Crippen LogP contribution in [0.4, 0.5) is 0 Å². The number of ketones is 2. The number of pyridine rings is 1. The molecule has 1 saturated carbocycles. The molecule has 2 aromatic rings. The summed E-state index contributed by atoms with van der Waals surface area (Å²) in [5, 5.41) is 0.159. The van der Waals surface area contributed by atoms with Gasteiger partial charge in [-0.25, -0.2) is 9.78 Å². The van der Waals surface area contributed by atoms with Gasteiger partial charge >= 0.3 is 5.69 Å². The molecule has 0 aliphatic heterocycles. The topological polar surface area (TPSA) is 91.0 Å². The van der Waals surface area contributed by atoms with Crippen molar-refractivity contribution in [2.75, 3.05) is 0 Å². The zero-order chi connectivity index (χ0) is 26.1. The van der Waals surface area contributed by atoms with Gasteiger partial charge in [-0.3, -0.25) is 23.5 Å². The first-order chi connectivity index (χ1) is 18.0. The minimum Gasteiger partial charge on any atom is -0.289 e. The Hall–Kier alpha value is -2.83. The van der Waals surface area contributed by atoms with Crippen molar-refractivity contribution in [2.45, 2.75) is 110 Å². The van der Waals surface area contributed by atoms with E-state index < -0.39 is 5.56 Å². The van der Waals surface area contributed by atoms with Crippen LogP contribution in [0.1, 0.15) is 118 Å². The number of allylic oxidation sites excluding steroid dienone is 2. The number of carbonyl (C=O) groups is 2. The highest BCUT2D eigenvalue weighted by atomic mass is 16.2. The van der Waals surface area contributed by atoms with E-state index >= 15 is 0 Å². The van der Waals surface area contributed by atoms with E-state index in [4.69, 9.17) is 0 Å². The zero-order valence-corrected chi connectivity index (χ0v) is 22.3. The molecule has 2 aromatic heterocycles. The highest BCUT2D eigenvalue weighted by Crippen LogP contribution is 2.52. The molecule has 0 aromatic carbocycles. The molecule has 0 spiro atoms. The van der Waals surface area contributed by atoms with Crippen LogP contribution in [-0.2, 0) is 13.1 Å². The molecule has 198 valence electrons. The maximum absolute atomic E-state index is 13.9. The number of aromatic nitrogens is 3. The second-order valence-corrected chi connectivity index (χ2v) is 11.2. The summed E-state index contributed by atoms with van der Waals surface area (Å²) in [7, 11) is 0. The fourth-order valence-corrected chi connectivity index (χ4v) is 6.76. The molecular formula is C30H39N3O4. The van der Waals surface area contributed by atoms with Crippen molar-refractivity contribution in [2.24, 2.45) is 11.8 Å². The lowest BCUT2D eigenvalue weighted by atomic mass is 9.77. The van der Waals surface area contributed by atoms with Gasteiger partial charge < -0.3 is 0 Å². The Morgan fingerprint density at radius 2 is 1.32 bits per heavy atom. The largest absolute Gasteiger partial charge is 0.332 e. The highest BCUT2D eigenvalue weighted by Gasteiger charge is 2.49. The van der Waals surface area contributed by atoms with Gasteiger partial charge in [0.25, 0.3) is 5.56 Å². The maximum atomic E-state index is 13.9. The van der Waals surface area contributed by atoms with Crippen molar-refractivity contribution in [1.29, 1.82) is 0 Å². The molecule has 0 amide bonds. The van der Waals surface area contributed by atoms with E-state index in [0.717, 1.165) is 83.5 Å². The van der Waals surface area contributed by atoms with Crippen LogP contribution >= 0.6 is 0 Å². The van der Waals surface area contributed by atoms with Crippen LogP contribution in [0.3, 0.4) is 0 Å². The summed E-state index contributed by atoms with van der Waals surface area (Å²) in [6.07, 6.45) is 14.3. The Morgan fingerprint density at radius 3 is 1.95 bits per heavy atom. The van der Waals surface area contributed by atoms with Crippen LogP contribution < -0.4 is 11.2 Å². The molecule has 5 rings (SSSR count). The van der Waals surface area contributed by atoms with Crippen molar-refractivity contribution in [3.8, 4) is 0 Å². The standard InChI is InChI=1S/C30H39N3O4/c1-3-5-7-9-11-15-32-28-25(29(36)33(30(32)37)16-12-10-8-6-4-2)24-21(18-31-28)26(34)22-19-13-14-20(17-19)23(22)27(24)35/h18-20H,3-17H2,1-2H3. The smallest absolute Gasteiger partial charge is 0.289 e. The van der Waals surface area contributed by atoms with Crippen molar-refractivity contribution in [3.63, 3.8) is 0 Å². The van der Waals surface area contributed by atoms with Gasteiger partial charge in [0, 0.05) is 30.4 Å². The predicted molar refractivity (Wildman–Crippen MR) is 144 cm³/mol. The van der Waals surface area contributed by atoms with E-state index in [2.05, 4.69) is 18.8 Å². The van der Waals surface area contributed by atoms with E-state index in [0.29, 0.717) is 24.2 Å². The van der Waals surface area contributed by atoms with Gasteiger partial charge in [0.05, 0.1) is 16.5 Å². The predicted octanol–water partition coefficient (Wildman–Crippen LogP) is 5.60. The lowest BCUT2D eigenvalue weighted by Crippen LogP contribution is -2.42. The molecule has 0 radical (unpaired) electrons. The van der Waals surface area contributed by atoms with Crippen molar-refractivity contribution >= 4 is 22.6 Å². The number of nitrogens with zero attached hydrogens (tertiary/aromatic N) is 3. The van der Waals surface area contributed by atoms with Gasteiger partial charge in [0.2, 0.25) is 0 Å². The van der Waals surface area contributed by atoms with Gasteiger partial charge in [-0.05, 0) is 43.9 Å². The second kappa shape index (κ2) is 10.9. The van der Waals surface area contributed by atoms with Gasteiger partial charge in [-0.2, -0.15) is 0 Å². The van der Waals surface area contributed by atoms with Gasteiger partial charge in [-0.15, -0.1) is 0 Å². The molecule has 7 heteroatoms. The Bertz CT molecular complexity index is 1380. The quantitative estimate of drug-likeness (QED) is 0.350. The van der Waals surface area contributed by atoms with Crippen LogP contribution in [-0.4, -0.2) is 25.7 Å². The van der Waals surface area contributed by atoms with Crippen LogP contribution in [0.2, 0.25) is 0 Å². The molecule has 37 heavy (non-hydrogen) atoms. The summed E-state index contributed by atoms with van der Waals surface area (Å²) < 4.78 is 2.88. The van der Waals surface area contributed by atoms with Gasteiger partial charge in [-0.1, -0.05) is 65.2 Å². The third kappa shape index (κ3) is 4.44. The number of hydrogen-bond acceptors (Lipinski definition) is 5. The molecule has 0 saturated heterocycles. The number of unbranched alkanes of at least 4 members (excludes halogenated alkanes) is 8. The van der Waals surface area contributed by atoms with Crippen molar-refractivity contribution in [1.82, 2.24) is 14.1 Å². The summed E-state index contributed by atoms with van der Waals surface area (Å²) >= 11 is 0. The molecule has 2 atom stereocenters. The van der Waals surface area contributed by atoms with E-state index in [1.807, 2.05) is 0 Å². The molecule has 2 bridgehead atoms. The molecule has 1 fully saturated rings. The summed E-state index contributed by atoms with van der Waals surface area (Å²) in [6, 6.07) is 0. The van der Waals surface area contributed by atoms with E-state index in [1.165, 1.54) is 10.8 Å². The fourth-order valence-electron chi connectivity index (χ4n) is 6.76. The first kappa shape index (κ1) is 25.8. The Morgan fingerprint density at radius 1 is 0.757 bits per heavy atom. The number of aryl methyl sites for hydroxylation is 1. The highest BCUT2D eigenvalue weighted by molar-refractivity contribution is 6.31. The first-order valence-electron chi connectivity index (χ1n) is 14.5. The Labute approximate surface area is 218 Å². The van der Waals surface area contributed by atoms with Crippen LogP contribution in [0.15, 0.2) is 26.9 Å². The summed E-state index contributed by atoms with van der Waals surface area (Å²) in [5.74, 6) is -0.0757. The molecule has 3 aliphatic carbocycles. The normalized spacial score (nSPS) is 20.3. The zero-order valence-electron chi connectivity index (χ0n) is 22.3. The molecule has 3 aliphatic rings. The minimum absolute atomic E-state index is 0.109. The molecule has 0 N–H and O–H groups in total. The first-order valence-corrected chi connectivity index (χ1v) is 14.5. The number of fused-ring (bicyclic) bond motifs is 7. The second-order valence-electron chi connectivity index (χ2n) is 11.2. The third-order valence-electron chi connectivity index (χ3n) is 8.71. The number of Topliss-reactive ketones (excluding diaryl/α,β-unsaturated/α-hetero) is 2. The molecule has 7 nitrogen and oxygen atoms in total. The fraction of sp³-hybridized carbons (Fsp3) is 0.633. The third-order valence-corrected chi connectivity index (χ3v) is 8.71. The van der Waals surface area contributed by atoms with Crippen LogP contribution in [0, 0.1) is 11.8 Å². The summed E-state index contributed by atoms with van der Waals surface area (Å²) in [4.78, 5) is 59.4. The maximum Gasteiger partial charge on any atom is 0.332 e. The number of rotatable bonds is 12. The van der Waals surface area contributed by atoms with Gasteiger partial charge in [0.1, 0.15) is 5.65 Å². The van der Waals surface area contributed by atoms with E-state index in [1.54, 1.807) is 4.57 Å². The van der Waals surface area contributed by atoms with E-state index in [-0.39, 0.29) is 51.3 Å². The van der Waals surface area contributed by atoms with Crippen LogP contribution in [0.25, 0.3) is 11.0 Å². The average Bonchev–Trinajstić information content (AvgIpc) is 3.52. The van der Waals surface area contributed by atoms with Crippen molar-refractivity contribution < 1.29 is 9.59 Å². The summed E-state index contributed by atoms with van der Waals surface area (Å²) in [6.45, 7) is 5.08. The van der Waals surface area contributed by atoms with Crippen molar-refractivity contribution in [3.05, 3.63) is 49.3 Å². The average molecular weight is 506 g/mol. The molecular weight excluding hydrogens is 466 g/mol. The molecule has 2 unspecified atom stereocenters. The van der Waals surface area contributed by atoms with Crippen LogP contribution in [0.5, 0.6) is 0 Å². The SMILES string of the molecule is CCCCCCCn1c(=O)c2c3c(cnc2n(CCCCCCC)c1=O)C(=O)C1=C(C3=O)C2CCC1C2. The monoisotopic (exact) mass is 505 g/mol. The lowest BCUT2D eigenvalue weighted by Gasteiger charge is -2.25. The lowest BCUT2D eigenvalue weighted by molar-refractivity contribution is 0.0963. The Kier molecular flexibility index (Phi) is 7.59. The number of hydrogen-bond donors (Lipinski definition) is 0.